The lowest BCUT2D eigenvalue weighted by atomic mass is 10.0. The molecule has 6 nitrogen and oxygen atoms in total. The summed E-state index contributed by atoms with van der Waals surface area (Å²) in [5.74, 6) is -4.35. The van der Waals surface area contributed by atoms with Crippen molar-refractivity contribution in [3.63, 3.8) is 0 Å². The van der Waals surface area contributed by atoms with Crippen LogP contribution in [0.4, 0.5) is 8.78 Å². The van der Waals surface area contributed by atoms with Crippen LogP contribution in [0.15, 0.2) is 12.1 Å². The third-order valence-electron chi connectivity index (χ3n) is 3.64. The quantitative estimate of drug-likeness (QED) is 0.726. The van der Waals surface area contributed by atoms with Crippen LogP contribution in [0, 0.1) is 11.6 Å². The summed E-state index contributed by atoms with van der Waals surface area (Å²) in [6.07, 6.45) is -1.48. The van der Waals surface area contributed by atoms with E-state index in [4.69, 9.17) is 0 Å². The molecule has 3 amide bonds. The molecule has 2 aliphatic heterocycles. The van der Waals surface area contributed by atoms with Crippen LogP contribution < -0.4 is 5.32 Å². The molecule has 0 aliphatic carbocycles. The van der Waals surface area contributed by atoms with E-state index >= 15 is 0 Å². The van der Waals surface area contributed by atoms with Gasteiger partial charge in [0.1, 0.15) is 6.04 Å². The molecule has 8 heteroatoms. The minimum atomic E-state index is -1.55. The monoisotopic (exact) mass is 296 g/mol. The standard InChI is InChI=1S/C13H10F2N2O4/c14-7-3-5-6(4-8(7)15)13(21)17(12(5)20)9-1-2-10(18)16-11(9)19/h3-4,9,12,20H,1-2H2,(H,16,18,19). The molecule has 1 aromatic carbocycles. The second-order valence-corrected chi connectivity index (χ2v) is 4.91. The van der Waals surface area contributed by atoms with Gasteiger partial charge in [0.25, 0.3) is 5.91 Å². The molecule has 110 valence electrons. The number of hydrogen-bond donors (Lipinski definition) is 2. The fraction of sp³-hybridized carbons (Fsp3) is 0.308. The smallest absolute Gasteiger partial charge is 0.257 e. The number of nitrogens with zero attached hydrogens (tertiary/aromatic N) is 1. The van der Waals surface area contributed by atoms with E-state index in [0.717, 1.165) is 11.0 Å². The Labute approximate surface area is 117 Å². The lowest BCUT2D eigenvalue weighted by Gasteiger charge is -2.31. The van der Waals surface area contributed by atoms with E-state index in [9.17, 15) is 28.3 Å². The summed E-state index contributed by atoms with van der Waals surface area (Å²) in [7, 11) is 0. The van der Waals surface area contributed by atoms with E-state index in [1.807, 2.05) is 0 Å². The molecule has 2 unspecified atom stereocenters. The maximum atomic E-state index is 13.2. The van der Waals surface area contributed by atoms with Gasteiger partial charge in [-0.1, -0.05) is 0 Å². The largest absolute Gasteiger partial charge is 0.369 e. The minimum absolute atomic E-state index is 0.0198. The van der Waals surface area contributed by atoms with Crippen molar-refractivity contribution >= 4 is 17.7 Å². The number of aliphatic hydroxyl groups is 1. The summed E-state index contributed by atoms with van der Waals surface area (Å²) in [6, 6.07) is 0.380. The van der Waals surface area contributed by atoms with Gasteiger partial charge in [0.15, 0.2) is 17.9 Å². The third kappa shape index (κ3) is 1.99. The summed E-state index contributed by atoms with van der Waals surface area (Å²) >= 11 is 0. The van der Waals surface area contributed by atoms with Crippen molar-refractivity contribution in [1.82, 2.24) is 10.2 Å². The average Bonchev–Trinajstić information content (AvgIpc) is 2.64. The van der Waals surface area contributed by atoms with Crippen LogP contribution in [-0.4, -0.2) is 33.8 Å². The van der Waals surface area contributed by atoms with Crippen molar-refractivity contribution < 1.29 is 28.3 Å². The van der Waals surface area contributed by atoms with Crippen molar-refractivity contribution in [2.75, 3.05) is 0 Å². The van der Waals surface area contributed by atoms with Crippen LogP contribution in [-0.2, 0) is 9.59 Å². The Kier molecular flexibility index (Phi) is 2.98. The highest BCUT2D eigenvalue weighted by Gasteiger charge is 2.44. The zero-order chi connectivity index (χ0) is 15.3. The fourth-order valence-electron chi connectivity index (χ4n) is 2.62. The number of amides is 3. The number of halogens is 2. The summed E-state index contributed by atoms with van der Waals surface area (Å²) < 4.78 is 26.5. The van der Waals surface area contributed by atoms with Gasteiger partial charge in [0, 0.05) is 12.0 Å². The third-order valence-corrected chi connectivity index (χ3v) is 3.64. The van der Waals surface area contributed by atoms with E-state index in [0.29, 0.717) is 6.07 Å². The number of carbonyl (C=O) groups is 3. The first-order valence-corrected chi connectivity index (χ1v) is 6.23. The Morgan fingerprint density at radius 3 is 2.52 bits per heavy atom. The number of carbonyl (C=O) groups excluding carboxylic acids is 3. The van der Waals surface area contributed by atoms with Gasteiger partial charge in [-0.2, -0.15) is 0 Å². The van der Waals surface area contributed by atoms with Crippen LogP contribution >= 0.6 is 0 Å². The van der Waals surface area contributed by atoms with Crippen molar-refractivity contribution in [2.24, 2.45) is 0 Å². The molecular weight excluding hydrogens is 286 g/mol. The topological polar surface area (TPSA) is 86.7 Å². The predicted octanol–water partition coefficient (Wildman–Crippen LogP) is 0.217. The number of aliphatic hydroxyl groups excluding tert-OH is 1. The van der Waals surface area contributed by atoms with Gasteiger partial charge < -0.3 is 5.11 Å². The number of imide groups is 1. The van der Waals surface area contributed by atoms with E-state index in [1.165, 1.54) is 0 Å². The van der Waals surface area contributed by atoms with E-state index in [2.05, 4.69) is 5.32 Å². The van der Waals surface area contributed by atoms with Crippen LogP contribution in [0.5, 0.6) is 0 Å². The highest BCUT2D eigenvalue weighted by Crippen LogP contribution is 2.36. The highest BCUT2D eigenvalue weighted by molar-refractivity contribution is 6.05. The first kappa shape index (κ1) is 13.6. The Morgan fingerprint density at radius 1 is 1.19 bits per heavy atom. The van der Waals surface area contributed by atoms with Crippen LogP contribution in [0.25, 0.3) is 0 Å². The fourth-order valence-corrected chi connectivity index (χ4v) is 2.62. The number of hydrogen-bond acceptors (Lipinski definition) is 4. The Hall–Kier alpha value is -2.35. The Bertz CT molecular complexity index is 676. The molecule has 0 saturated carbocycles. The predicted molar refractivity (Wildman–Crippen MR) is 63.7 cm³/mol. The zero-order valence-corrected chi connectivity index (χ0v) is 10.6. The lowest BCUT2D eigenvalue weighted by Crippen LogP contribution is -2.53. The lowest BCUT2D eigenvalue weighted by molar-refractivity contribution is -0.139. The SMILES string of the molecule is O=C1CCC(N2C(=O)c3cc(F)c(F)cc3C2O)C(=O)N1. The summed E-state index contributed by atoms with van der Waals surface area (Å²) in [5, 5.41) is 12.2. The van der Waals surface area contributed by atoms with Gasteiger partial charge in [-0.3, -0.25) is 24.6 Å². The van der Waals surface area contributed by atoms with Crippen LogP contribution in [0.3, 0.4) is 0 Å². The number of nitrogens with one attached hydrogen (secondary N) is 1. The second kappa shape index (κ2) is 4.59. The van der Waals surface area contributed by atoms with Crippen molar-refractivity contribution in [3.8, 4) is 0 Å². The minimum Gasteiger partial charge on any atom is -0.369 e. The molecule has 2 N–H and O–H groups in total. The van der Waals surface area contributed by atoms with E-state index in [-0.39, 0.29) is 24.0 Å². The maximum Gasteiger partial charge on any atom is 0.257 e. The molecule has 21 heavy (non-hydrogen) atoms. The van der Waals surface area contributed by atoms with Crippen molar-refractivity contribution in [2.45, 2.75) is 25.1 Å². The van der Waals surface area contributed by atoms with Gasteiger partial charge in [0.05, 0.1) is 5.56 Å². The van der Waals surface area contributed by atoms with Crippen LogP contribution in [0.2, 0.25) is 0 Å². The summed E-state index contributed by atoms with van der Waals surface area (Å²) in [5.41, 5.74) is -0.283. The molecule has 1 aromatic rings. The van der Waals surface area contributed by atoms with Gasteiger partial charge in [-0.15, -0.1) is 0 Å². The van der Waals surface area contributed by atoms with Gasteiger partial charge >= 0.3 is 0 Å². The molecule has 0 bridgehead atoms. The molecule has 0 spiro atoms. The average molecular weight is 296 g/mol. The van der Waals surface area contributed by atoms with Crippen molar-refractivity contribution in [3.05, 3.63) is 34.9 Å². The zero-order valence-electron chi connectivity index (χ0n) is 10.6. The summed E-state index contributed by atoms with van der Waals surface area (Å²) in [6.45, 7) is 0. The molecule has 0 radical (unpaired) electrons. The number of rotatable bonds is 1. The molecule has 2 atom stereocenters. The number of piperidine rings is 1. The normalized spacial score (nSPS) is 25.1. The first-order valence-electron chi connectivity index (χ1n) is 6.23. The molecule has 3 rings (SSSR count). The molecule has 1 fully saturated rings. The maximum absolute atomic E-state index is 13.2. The van der Waals surface area contributed by atoms with Crippen LogP contribution in [0.1, 0.15) is 35.0 Å². The Morgan fingerprint density at radius 2 is 1.86 bits per heavy atom. The Balaban J connectivity index is 1.98. The second-order valence-electron chi connectivity index (χ2n) is 4.91. The highest BCUT2D eigenvalue weighted by atomic mass is 19.2. The molecule has 1 saturated heterocycles. The summed E-state index contributed by atoms with van der Waals surface area (Å²) in [4.78, 5) is 35.9. The number of benzene rings is 1. The number of fused-ring (bicyclic) bond motifs is 1. The molecule has 2 heterocycles. The molecular formula is C13H10F2N2O4. The van der Waals surface area contributed by atoms with Gasteiger partial charge in [-0.05, 0) is 18.6 Å². The van der Waals surface area contributed by atoms with E-state index < -0.39 is 41.6 Å². The van der Waals surface area contributed by atoms with Gasteiger partial charge in [-0.25, -0.2) is 8.78 Å². The van der Waals surface area contributed by atoms with Crippen molar-refractivity contribution in [1.29, 1.82) is 0 Å². The van der Waals surface area contributed by atoms with Gasteiger partial charge in [0.2, 0.25) is 11.8 Å². The molecule has 0 aromatic heterocycles. The molecule has 2 aliphatic rings. The first-order chi connectivity index (χ1) is 9.90. The van der Waals surface area contributed by atoms with E-state index in [1.54, 1.807) is 0 Å².